The van der Waals surface area contributed by atoms with Gasteiger partial charge in [0.25, 0.3) is 0 Å². The van der Waals surface area contributed by atoms with E-state index in [1.54, 1.807) is 11.9 Å². The third-order valence-corrected chi connectivity index (χ3v) is 7.71. The molecular weight excluding hydrogens is 384 g/mol. The molecule has 0 saturated carbocycles. The smallest absolute Gasteiger partial charge is 0.233 e. The maximum Gasteiger partial charge on any atom is 0.233 e. The average molecular weight is 405 g/mol. The number of aromatic nitrogens is 3. The number of hydrogen-bond acceptors (Lipinski definition) is 6. The minimum absolute atomic E-state index is 0.0533. The predicted molar refractivity (Wildman–Crippen MR) is 106 cm³/mol. The van der Waals surface area contributed by atoms with Gasteiger partial charge in [-0.2, -0.15) is 0 Å². The summed E-state index contributed by atoms with van der Waals surface area (Å²) < 4.78 is 25.3. The molecule has 0 bridgehead atoms. The minimum Gasteiger partial charge on any atom is -0.341 e. The Balaban J connectivity index is 1.56. The van der Waals surface area contributed by atoms with E-state index in [0.29, 0.717) is 11.6 Å². The number of thioether (sulfide) groups is 1. The summed E-state index contributed by atoms with van der Waals surface area (Å²) >= 11 is 1.32. The van der Waals surface area contributed by atoms with Crippen LogP contribution in [0.2, 0.25) is 0 Å². The highest BCUT2D eigenvalue weighted by Gasteiger charge is 2.32. The van der Waals surface area contributed by atoms with Crippen LogP contribution >= 0.6 is 11.8 Å². The molecular formula is C18H20N4O3S2. The van der Waals surface area contributed by atoms with Gasteiger partial charge >= 0.3 is 0 Å². The fourth-order valence-electron chi connectivity index (χ4n) is 3.48. The first-order valence-corrected chi connectivity index (χ1v) is 11.5. The van der Waals surface area contributed by atoms with E-state index in [1.165, 1.54) is 11.8 Å². The molecule has 0 spiro atoms. The van der Waals surface area contributed by atoms with E-state index in [4.69, 9.17) is 0 Å². The van der Waals surface area contributed by atoms with E-state index in [9.17, 15) is 13.2 Å². The first-order chi connectivity index (χ1) is 12.9. The van der Waals surface area contributed by atoms with Crippen molar-refractivity contribution < 1.29 is 13.2 Å². The largest absolute Gasteiger partial charge is 0.341 e. The molecule has 0 unspecified atom stereocenters. The van der Waals surface area contributed by atoms with Gasteiger partial charge in [0.2, 0.25) is 5.91 Å². The molecule has 1 amide bonds. The van der Waals surface area contributed by atoms with Gasteiger partial charge in [0.1, 0.15) is 0 Å². The van der Waals surface area contributed by atoms with Crippen molar-refractivity contribution in [1.29, 1.82) is 0 Å². The van der Waals surface area contributed by atoms with Crippen LogP contribution in [0.15, 0.2) is 35.5 Å². The normalized spacial score (nSPS) is 19.0. The molecule has 4 rings (SSSR count). The number of aryl methyl sites for hydroxylation is 1. The number of carbonyl (C=O) groups excluding carboxylic acids is 1. The number of rotatable bonds is 4. The monoisotopic (exact) mass is 404 g/mol. The van der Waals surface area contributed by atoms with Crippen molar-refractivity contribution in [3.05, 3.63) is 35.9 Å². The summed E-state index contributed by atoms with van der Waals surface area (Å²) in [6, 6.07) is 9.78. The Kier molecular flexibility index (Phi) is 4.59. The first-order valence-electron chi connectivity index (χ1n) is 8.68. The number of hydrogen-bond donors (Lipinski definition) is 0. The molecule has 142 valence electrons. The van der Waals surface area contributed by atoms with E-state index in [-0.39, 0.29) is 29.2 Å². The standard InChI is InChI=1S/C18H20N4O3S2/c1-12-9-16-19-20-18(22(16)15-6-4-3-5-14(12)15)26-10-17(23)21(2)13-7-8-27(24,25)11-13/h3-6,9,13H,7-8,10-11H2,1-2H3/t13-/m0/s1. The van der Waals surface area contributed by atoms with E-state index >= 15 is 0 Å². The van der Waals surface area contributed by atoms with Crippen LogP contribution in [0.1, 0.15) is 12.0 Å². The molecule has 1 aliphatic heterocycles. The maximum atomic E-state index is 12.5. The number of amides is 1. The maximum absolute atomic E-state index is 12.5. The Morgan fingerprint density at radius 2 is 2.11 bits per heavy atom. The second-order valence-corrected chi connectivity index (χ2v) is 10.0. The molecule has 9 heteroatoms. The number of pyridine rings is 1. The zero-order valence-corrected chi connectivity index (χ0v) is 16.8. The van der Waals surface area contributed by atoms with Gasteiger partial charge in [-0.25, -0.2) is 8.42 Å². The Hall–Kier alpha value is -2.13. The highest BCUT2D eigenvalue weighted by molar-refractivity contribution is 7.99. The van der Waals surface area contributed by atoms with Gasteiger partial charge in [-0.15, -0.1) is 10.2 Å². The molecule has 1 aliphatic rings. The summed E-state index contributed by atoms with van der Waals surface area (Å²) in [5, 5.41) is 10.3. The summed E-state index contributed by atoms with van der Waals surface area (Å²) in [7, 11) is -1.34. The Morgan fingerprint density at radius 1 is 1.33 bits per heavy atom. The van der Waals surface area contributed by atoms with Gasteiger partial charge in [0.05, 0.1) is 22.8 Å². The van der Waals surface area contributed by atoms with Crippen molar-refractivity contribution in [2.75, 3.05) is 24.3 Å². The van der Waals surface area contributed by atoms with E-state index < -0.39 is 9.84 Å². The number of fused-ring (bicyclic) bond motifs is 3. The summed E-state index contributed by atoms with van der Waals surface area (Å²) in [5.41, 5.74) is 2.87. The summed E-state index contributed by atoms with van der Waals surface area (Å²) in [6.45, 7) is 2.04. The summed E-state index contributed by atoms with van der Waals surface area (Å²) in [6.07, 6.45) is 0.507. The second kappa shape index (κ2) is 6.79. The van der Waals surface area contributed by atoms with Crippen LogP contribution in [0.5, 0.6) is 0 Å². The topological polar surface area (TPSA) is 84.6 Å². The van der Waals surface area contributed by atoms with Crippen LogP contribution in [-0.2, 0) is 14.6 Å². The lowest BCUT2D eigenvalue weighted by atomic mass is 10.1. The highest BCUT2D eigenvalue weighted by atomic mass is 32.2. The molecule has 0 aliphatic carbocycles. The van der Waals surface area contributed by atoms with Crippen LogP contribution < -0.4 is 0 Å². The molecule has 7 nitrogen and oxygen atoms in total. The fourth-order valence-corrected chi connectivity index (χ4v) is 6.13. The lowest BCUT2D eigenvalue weighted by Crippen LogP contribution is -2.38. The first kappa shape index (κ1) is 18.2. The van der Waals surface area contributed by atoms with Gasteiger partial charge < -0.3 is 4.90 Å². The van der Waals surface area contributed by atoms with Gasteiger partial charge in [0, 0.05) is 18.5 Å². The van der Waals surface area contributed by atoms with Crippen molar-refractivity contribution in [3.63, 3.8) is 0 Å². The van der Waals surface area contributed by atoms with Crippen LogP contribution in [0.4, 0.5) is 0 Å². The zero-order valence-electron chi connectivity index (χ0n) is 15.1. The Labute approximate surface area is 161 Å². The second-order valence-electron chi connectivity index (χ2n) is 6.87. The van der Waals surface area contributed by atoms with Gasteiger partial charge in [-0.3, -0.25) is 9.20 Å². The van der Waals surface area contributed by atoms with Crippen molar-refractivity contribution in [2.45, 2.75) is 24.5 Å². The third kappa shape index (κ3) is 3.41. The molecule has 3 aromatic rings. The fraction of sp³-hybridized carbons (Fsp3) is 0.389. The van der Waals surface area contributed by atoms with E-state index in [1.807, 2.05) is 35.6 Å². The molecule has 0 radical (unpaired) electrons. The SMILES string of the molecule is Cc1cc2nnc(SCC(=O)N(C)[C@H]3CCS(=O)(=O)C3)n2c2ccccc12. The zero-order chi connectivity index (χ0) is 19.2. The lowest BCUT2D eigenvalue weighted by molar-refractivity contribution is -0.128. The Morgan fingerprint density at radius 3 is 2.85 bits per heavy atom. The highest BCUT2D eigenvalue weighted by Crippen LogP contribution is 2.26. The average Bonchev–Trinajstić information content (AvgIpc) is 3.22. The Bertz CT molecular complexity index is 1140. The summed E-state index contributed by atoms with van der Waals surface area (Å²) in [5.74, 6) is 0.298. The number of nitrogens with zero attached hydrogens (tertiary/aromatic N) is 4. The molecule has 1 saturated heterocycles. The molecule has 1 fully saturated rings. The van der Waals surface area contributed by atoms with Crippen molar-refractivity contribution >= 4 is 44.1 Å². The molecule has 2 aromatic heterocycles. The van der Waals surface area contributed by atoms with Gasteiger partial charge in [0.15, 0.2) is 20.6 Å². The number of carbonyl (C=O) groups is 1. The molecule has 1 aromatic carbocycles. The quantitative estimate of drug-likeness (QED) is 0.618. The molecule has 27 heavy (non-hydrogen) atoms. The molecule has 3 heterocycles. The molecule has 0 N–H and O–H groups in total. The van der Waals surface area contributed by atoms with Crippen LogP contribution in [0.3, 0.4) is 0 Å². The predicted octanol–water partition coefficient (Wildman–Crippen LogP) is 1.93. The number of sulfone groups is 1. The molecule has 1 atom stereocenters. The summed E-state index contributed by atoms with van der Waals surface area (Å²) in [4.78, 5) is 14.1. The van der Waals surface area contributed by atoms with Crippen LogP contribution in [0.25, 0.3) is 16.6 Å². The van der Waals surface area contributed by atoms with Crippen molar-refractivity contribution in [1.82, 2.24) is 19.5 Å². The van der Waals surface area contributed by atoms with E-state index in [0.717, 1.165) is 22.1 Å². The van der Waals surface area contributed by atoms with Gasteiger partial charge in [-0.1, -0.05) is 30.0 Å². The minimum atomic E-state index is -3.02. The van der Waals surface area contributed by atoms with Gasteiger partial charge in [-0.05, 0) is 31.0 Å². The van der Waals surface area contributed by atoms with Crippen LogP contribution in [0, 0.1) is 6.92 Å². The van der Waals surface area contributed by atoms with Crippen LogP contribution in [-0.4, -0.2) is 64.2 Å². The van der Waals surface area contributed by atoms with Crippen molar-refractivity contribution in [3.8, 4) is 0 Å². The lowest BCUT2D eigenvalue weighted by Gasteiger charge is -2.23. The number of benzene rings is 1. The van der Waals surface area contributed by atoms with Crippen molar-refractivity contribution in [2.24, 2.45) is 0 Å². The third-order valence-electron chi connectivity index (χ3n) is 5.05. The van der Waals surface area contributed by atoms with E-state index in [2.05, 4.69) is 16.3 Å². The number of para-hydroxylation sites is 1.